The first-order valence-electron chi connectivity index (χ1n) is 6.26. The largest absolute Gasteiger partial charge is 0.396 e. The fraction of sp³-hybridized carbons (Fsp3) is 0.267. The quantitative estimate of drug-likeness (QED) is 0.783. The van der Waals surface area contributed by atoms with Gasteiger partial charge in [0.1, 0.15) is 0 Å². The molecule has 0 amide bonds. The van der Waals surface area contributed by atoms with Crippen LogP contribution in [-0.2, 0) is 18.4 Å². The predicted molar refractivity (Wildman–Crippen MR) is 79.0 cm³/mol. The summed E-state index contributed by atoms with van der Waals surface area (Å²) in [4.78, 5) is 12.3. The van der Waals surface area contributed by atoms with Crippen molar-refractivity contribution >= 4 is 23.9 Å². The average molecular weight is 292 g/mol. The number of carbonyl (C=O) groups is 1. The number of fused-ring (bicyclic) bond motifs is 1. The van der Waals surface area contributed by atoms with Gasteiger partial charge in [-0.3, -0.25) is 9.36 Å². The van der Waals surface area contributed by atoms with Crippen LogP contribution < -0.4 is 0 Å². The normalized spacial score (nSPS) is 13.3. The molecule has 0 fully saturated rings. The van der Waals surface area contributed by atoms with E-state index in [-0.39, 0.29) is 0 Å². The number of rotatable bonds is 5. The maximum Gasteiger partial charge on any atom is 0.396 e. The Bertz CT molecular complexity index is 672. The Morgan fingerprint density at radius 2 is 1.65 bits per heavy atom. The minimum Gasteiger partial charge on any atom is -0.307 e. The molecule has 4 nitrogen and oxygen atoms in total. The van der Waals surface area contributed by atoms with Crippen molar-refractivity contribution in [3.8, 4) is 0 Å². The summed E-state index contributed by atoms with van der Waals surface area (Å²) in [5.41, 5.74) is 0.265. The van der Waals surface area contributed by atoms with E-state index in [1.54, 1.807) is 6.92 Å². The van der Waals surface area contributed by atoms with Crippen molar-refractivity contribution in [1.82, 2.24) is 0 Å². The molecule has 0 heterocycles. The van der Waals surface area contributed by atoms with Crippen LogP contribution in [0.25, 0.3) is 10.8 Å². The first-order chi connectivity index (χ1) is 9.51. The Balaban J connectivity index is 2.38. The van der Waals surface area contributed by atoms with Gasteiger partial charge in [-0.2, -0.15) is 0 Å². The van der Waals surface area contributed by atoms with Crippen LogP contribution in [0.4, 0.5) is 0 Å². The highest BCUT2D eigenvalue weighted by molar-refractivity contribution is 7.72. The SMILES string of the molecule is COP(=O)(OC)C(=O)C(C)c1ccc2ccccc2c1. The fourth-order valence-electron chi connectivity index (χ4n) is 2.11. The molecule has 2 rings (SSSR count). The van der Waals surface area contributed by atoms with E-state index in [1.807, 2.05) is 42.5 Å². The molecule has 0 aliphatic rings. The minimum absolute atomic E-state index is 0.530. The van der Waals surface area contributed by atoms with Gasteiger partial charge in [-0.1, -0.05) is 49.4 Å². The monoisotopic (exact) mass is 292 g/mol. The highest BCUT2D eigenvalue weighted by atomic mass is 31.2. The van der Waals surface area contributed by atoms with Gasteiger partial charge in [-0.05, 0) is 16.3 Å². The summed E-state index contributed by atoms with van der Waals surface area (Å²) in [6, 6.07) is 13.6. The van der Waals surface area contributed by atoms with Crippen molar-refractivity contribution in [3.05, 3.63) is 48.0 Å². The van der Waals surface area contributed by atoms with E-state index in [0.29, 0.717) is 0 Å². The Hall–Kier alpha value is -1.48. The van der Waals surface area contributed by atoms with Crippen LogP contribution in [0.5, 0.6) is 0 Å². The van der Waals surface area contributed by atoms with E-state index in [1.165, 1.54) is 14.2 Å². The lowest BCUT2D eigenvalue weighted by atomic mass is 9.99. The first kappa shape index (κ1) is 14.9. The third kappa shape index (κ3) is 2.68. The van der Waals surface area contributed by atoms with Gasteiger partial charge in [0.25, 0.3) is 5.52 Å². The Kier molecular flexibility index (Phi) is 4.39. The lowest BCUT2D eigenvalue weighted by Crippen LogP contribution is -2.12. The average Bonchev–Trinajstić information content (AvgIpc) is 2.52. The molecule has 0 aliphatic carbocycles. The maximum atomic E-state index is 12.3. The predicted octanol–water partition coefficient (Wildman–Crippen LogP) is 3.96. The van der Waals surface area contributed by atoms with Gasteiger partial charge in [0.05, 0.1) is 5.92 Å². The number of carbonyl (C=O) groups excluding carboxylic acids is 1. The summed E-state index contributed by atoms with van der Waals surface area (Å²) in [5.74, 6) is -0.551. The van der Waals surface area contributed by atoms with Crippen molar-refractivity contribution < 1.29 is 18.4 Å². The second-order valence-corrected chi connectivity index (χ2v) is 6.70. The third-order valence-corrected chi connectivity index (χ3v) is 5.28. The summed E-state index contributed by atoms with van der Waals surface area (Å²) < 4.78 is 21.7. The second-order valence-electron chi connectivity index (χ2n) is 4.53. The molecular weight excluding hydrogens is 275 g/mol. The van der Waals surface area contributed by atoms with Gasteiger partial charge >= 0.3 is 7.60 Å². The molecule has 1 unspecified atom stereocenters. The van der Waals surface area contributed by atoms with Gasteiger partial charge in [-0.25, -0.2) is 0 Å². The summed E-state index contributed by atoms with van der Waals surface area (Å²) >= 11 is 0. The van der Waals surface area contributed by atoms with Crippen LogP contribution in [0.2, 0.25) is 0 Å². The van der Waals surface area contributed by atoms with E-state index >= 15 is 0 Å². The molecule has 106 valence electrons. The molecule has 2 aromatic carbocycles. The van der Waals surface area contributed by atoms with Crippen LogP contribution in [0.15, 0.2) is 42.5 Å². The standard InChI is InChI=1S/C15H17O4P/c1-11(15(16)20(17,18-2)19-3)13-9-8-12-6-4-5-7-14(12)10-13/h4-11H,1-3H3. The molecule has 0 N–H and O–H groups in total. The number of benzene rings is 2. The smallest absolute Gasteiger partial charge is 0.307 e. The maximum absolute atomic E-state index is 12.3. The number of hydrogen-bond acceptors (Lipinski definition) is 4. The molecule has 0 aromatic heterocycles. The Morgan fingerprint density at radius 3 is 2.25 bits per heavy atom. The topological polar surface area (TPSA) is 52.6 Å². The van der Waals surface area contributed by atoms with Gasteiger partial charge < -0.3 is 9.05 Å². The van der Waals surface area contributed by atoms with Crippen molar-refractivity contribution in [2.45, 2.75) is 12.8 Å². The lowest BCUT2D eigenvalue weighted by molar-refractivity contribution is -0.114. The second kappa shape index (κ2) is 5.88. The summed E-state index contributed by atoms with van der Waals surface area (Å²) in [6.07, 6.45) is 0. The minimum atomic E-state index is -3.69. The highest BCUT2D eigenvalue weighted by Gasteiger charge is 2.36. The van der Waals surface area contributed by atoms with Crippen molar-refractivity contribution in [3.63, 3.8) is 0 Å². The Morgan fingerprint density at radius 1 is 1.05 bits per heavy atom. The van der Waals surface area contributed by atoms with Crippen LogP contribution in [-0.4, -0.2) is 19.7 Å². The van der Waals surface area contributed by atoms with Crippen molar-refractivity contribution in [2.24, 2.45) is 0 Å². The molecule has 20 heavy (non-hydrogen) atoms. The highest BCUT2D eigenvalue weighted by Crippen LogP contribution is 2.51. The van der Waals surface area contributed by atoms with Crippen LogP contribution in [0.1, 0.15) is 18.4 Å². The molecule has 0 saturated heterocycles. The lowest BCUT2D eigenvalue weighted by Gasteiger charge is -2.17. The van der Waals surface area contributed by atoms with E-state index in [9.17, 15) is 9.36 Å². The van der Waals surface area contributed by atoms with Gasteiger partial charge in [0.2, 0.25) is 0 Å². The molecule has 0 aliphatic heterocycles. The van der Waals surface area contributed by atoms with Crippen LogP contribution in [0.3, 0.4) is 0 Å². The summed E-state index contributed by atoms with van der Waals surface area (Å²) in [6.45, 7) is 1.71. The van der Waals surface area contributed by atoms with Crippen LogP contribution in [0, 0.1) is 0 Å². The van der Waals surface area contributed by atoms with Crippen LogP contribution >= 0.6 is 7.60 Å². The van der Waals surface area contributed by atoms with Gasteiger partial charge in [-0.15, -0.1) is 0 Å². The van der Waals surface area contributed by atoms with Gasteiger partial charge in [0.15, 0.2) is 0 Å². The molecule has 0 radical (unpaired) electrons. The zero-order valence-electron chi connectivity index (χ0n) is 11.7. The molecule has 0 saturated carbocycles. The van der Waals surface area contributed by atoms with E-state index in [2.05, 4.69) is 0 Å². The Labute approximate surface area is 118 Å². The molecule has 2 aromatic rings. The van der Waals surface area contributed by atoms with E-state index < -0.39 is 19.0 Å². The van der Waals surface area contributed by atoms with E-state index in [4.69, 9.17) is 9.05 Å². The first-order valence-corrected chi connectivity index (χ1v) is 7.80. The van der Waals surface area contributed by atoms with E-state index in [0.717, 1.165) is 16.3 Å². The molecule has 5 heteroatoms. The summed E-state index contributed by atoms with van der Waals surface area (Å²) in [5, 5.41) is 2.13. The van der Waals surface area contributed by atoms with Crippen molar-refractivity contribution in [2.75, 3.05) is 14.2 Å². The third-order valence-electron chi connectivity index (χ3n) is 3.39. The van der Waals surface area contributed by atoms with Crippen molar-refractivity contribution in [1.29, 1.82) is 0 Å². The molecule has 0 bridgehead atoms. The molecular formula is C15H17O4P. The zero-order chi connectivity index (χ0) is 14.8. The summed E-state index contributed by atoms with van der Waals surface area (Å²) in [7, 11) is -1.26. The number of hydrogen-bond donors (Lipinski definition) is 0. The fourth-order valence-corrected chi connectivity index (χ4v) is 3.24. The zero-order valence-corrected chi connectivity index (χ0v) is 12.6. The molecule has 0 spiro atoms. The van der Waals surface area contributed by atoms with Gasteiger partial charge in [0, 0.05) is 14.2 Å². The molecule has 1 atom stereocenters.